The molecule has 0 N–H and O–H groups in total. The van der Waals surface area contributed by atoms with E-state index in [0.717, 1.165) is 0 Å². The third kappa shape index (κ3) is 110. The number of hydrogen-bond acceptors (Lipinski definition) is 0. The normalized spacial score (nSPS) is 0. The Hall–Kier alpha value is 1.40. The summed E-state index contributed by atoms with van der Waals surface area (Å²) in [5.74, 6) is 0. The Bertz CT molecular complexity index is 6.90. The molecular formula is Fe3O4-2. The topological polar surface area (TPSA) is 114 Å². The van der Waals surface area contributed by atoms with Crippen LogP contribution in [0.1, 0.15) is 0 Å². The van der Waals surface area contributed by atoms with Crippen molar-refractivity contribution in [1.29, 1.82) is 0 Å². The Morgan fingerprint density at radius 1 is 0.286 bits per heavy atom. The van der Waals surface area contributed by atoms with E-state index in [9.17, 15) is 0 Å². The van der Waals surface area contributed by atoms with Gasteiger partial charge in [-0.2, -0.15) is 0 Å². The van der Waals surface area contributed by atoms with Crippen molar-refractivity contribution in [2.24, 2.45) is 0 Å². The van der Waals surface area contributed by atoms with Gasteiger partial charge in [0.1, 0.15) is 0 Å². The van der Waals surface area contributed by atoms with Crippen LogP contribution in [0.3, 0.4) is 0 Å². The Morgan fingerprint density at radius 3 is 0.286 bits per heavy atom. The zero-order chi connectivity index (χ0) is 0. The molecule has 0 amide bonds. The summed E-state index contributed by atoms with van der Waals surface area (Å²) in [5, 5.41) is 0. The second-order valence-electron chi connectivity index (χ2n) is 0. The molecule has 0 aromatic rings. The van der Waals surface area contributed by atoms with Crippen molar-refractivity contribution in [3.8, 4) is 0 Å². The fourth-order valence-electron chi connectivity index (χ4n) is 0. The molecule has 0 aliphatic carbocycles. The molecule has 50 valence electrons. The predicted octanol–water partition coefficient (Wildman–Crippen LogP) is -0.483. The predicted molar refractivity (Wildman–Crippen MR) is 2.75 cm³/mol. The first-order valence-electron chi connectivity index (χ1n) is 0. The molecule has 0 saturated carbocycles. The summed E-state index contributed by atoms with van der Waals surface area (Å²) in [6, 6.07) is 0. The van der Waals surface area contributed by atoms with E-state index in [-0.39, 0.29) is 73.1 Å². The summed E-state index contributed by atoms with van der Waals surface area (Å²) < 4.78 is 0. The smallest absolute Gasteiger partial charge is 2.00 e. The quantitative estimate of drug-likeness (QED) is 0.501. The molecule has 0 fully saturated rings. The van der Waals surface area contributed by atoms with E-state index in [1.807, 2.05) is 0 Å². The molecule has 0 radical (unpaired) electrons. The van der Waals surface area contributed by atoms with Gasteiger partial charge in [0.05, 0.1) is 0 Å². The second-order valence-corrected chi connectivity index (χ2v) is 0. The van der Waals surface area contributed by atoms with Gasteiger partial charge >= 0.3 is 51.2 Å². The van der Waals surface area contributed by atoms with Gasteiger partial charge in [0.25, 0.3) is 0 Å². The van der Waals surface area contributed by atoms with E-state index < -0.39 is 0 Å². The van der Waals surface area contributed by atoms with Crippen molar-refractivity contribution in [3.63, 3.8) is 0 Å². The molecule has 0 atom stereocenters. The summed E-state index contributed by atoms with van der Waals surface area (Å²) in [6.07, 6.45) is 0. The van der Waals surface area contributed by atoms with Gasteiger partial charge in [-0.05, 0) is 0 Å². The summed E-state index contributed by atoms with van der Waals surface area (Å²) in [6.45, 7) is 0. The average molecular weight is 232 g/mol. The fourth-order valence-corrected chi connectivity index (χ4v) is 0. The minimum absolute atomic E-state index is 0. The molecule has 0 unspecified atom stereocenters. The number of hydrogen-bond donors (Lipinski definition) is 0. The Morgan fingerprint density at radius 2 is 0.286 bits per heavy atom. The van der Waals surface area contributed by atoms with Crippen LogP contribution in [0.2, 0.25) is 0 Å². The van der Waals surface area contributed by atoms with Crippen LogP contribution in [0.5, 0.6) is 0 Å². The molecule has 4 nitrogen and oxygen atoms in total. The van der Waals surface area contributed by atoms with E-state index >= 15 is 0 Å². The van der Waals surface area contributed by atoms with E-state index in [0.29, 0.717) is 0 Å². The molecular weight excluding hydrogens is 232 g/mol. The standard InChI is InChI=1S/3Fe.4O/q3*+2;4*-2. The molecule has 0 aromatic carbocycles. The molecule has 0 rings (SSSR count). The van der Waals surface area contributed by atoms with E-state index in [1.54, 1.807) is 0 Å². The summed E-state index contributed by atoms with van der Waals surface area (Å²) in [5.41, 5.74) is 0. The van der Waals surface area contributed by atoms with Crippen LogP contribution in [0.15, 0.2) is 0 Å². The van der Waals surface area contributed by atoms with Gasteiger partial charge < -0.3 is 21.9 Å². The zero-order valence-electron chi connectivity index (χ0n) is 2.69. The average Bonchev–Trinajstić information content (AvgIpc) is 0. The third-order valence-corrected chi connectivity index (χ3v) is 0. The Labute approximate surface area is 73.1 Å². The van der Waals surface area contributed by atoms with Gasteiger partial charge in [0.2, 0.25) is 0 Å². The summed E-state index contributed by atoms with van der Waals surface area (Å²) in [4.78, 5) is 0. The molecule has 7 heteroatoms. The first-order chi connectivity index (χ1) is 0. The summed E-state index contributed by atoms with van der Waals surface area (Å²) in [7, 11) is 0. The van der Waals surface area contributed by atoms with E-state index in [1.165, 1.54) is 0 Å². The second kappa shape index (κ2) is 155. The maximum absolute atomic E-state index is 0. The molecule has 0 spiro atoms. The van der Waals surface area contributed by atoms with Crippen LogP contribution in [0, 0.1) is 0 Å². The van der Waals surface area contributed by atoms with Crippen molar-refractivity contribution in [1.82, 2.24) is 0 Å². The summed E-state index contributed by atoms with van der Waals surface area (Å²) >= 11 is 0. The van der Waals surface area contributed by atoms with Crippen molar-refractivity contribution in [2.45, 2.75) is 0 Å². The van der Waals surface area contributed by atoms with Crippen LogP contribution >= 0.6 is 0 Å². The first-order valence-corrected chi connectivity index (χ1v) is 0. The van der Waals surface area contributed by atoms with E-state index in [4.69, 9.17) is 0 Å². The van der Waals surface area contributed by atoms with Crippen molar-refractivity contribution in [2.75, 3.05) is 0 Å². The van der Waals surface area contributed by atoms with Crippen molar-refractivity contribution < 1.29 is 73.1 Å². The van der Waals surface area contributed by atoms with Crippen molar-refractivity contribution >= 4 is 0 Å². The van der Waals surface area contributed by atoms with Gasteiger partial charge in [-0.3, -0.25) is 0 Å². The van der Waals surface area contributed by atoms with Gasteiger partial charge in [-0.25, -0.2) is 0 Å². The minimum Gasteiger partial charge on any atom is -2.00 e. The molecule has 0 heterocycles. The van der Waals surface area contributed by atoms with E-state index in [2.05, 4.69) is 0 Å². The van der Waals surface area contributed by atoms with Crippen LogP contribution in [0.25, 0.3) is 0 Å². The number of rotatable bonds is 0. The Kier molecular flexibility index (Phi) is 5200. The Balaban J connectivity index is 0. The van der Waals surface area contributed by atoms with Gasteiger partial charge in [-0.15, -0.1) is 0 Å². The van der Waals surface area contributed by atoms with Crippen LogP contribution < -0.4 is 0 Å². The van der Waals surface area contributed by atoms with Crippen molar-refractivity contribution in [3.05, 3.63) is 0 Å². The molecule has 0 bridgehead atoms. The zero-order valence-corrected chi connectivity index (χ0v) is 6.01. The monoisotopic (exact) mass is 232 g/mol. The SMILES string of the molecule is [Fe+2].[Fe+2].[Fe+2].[O-2].[O-2].[O-2].[O-2]. The fraction of sp³-hybridized carbons (Fsp3) is 0. The third-order valence-electron chi connectivity index (χ3n) is 0. The molecule has 0 aliphatic heterocycles. The van der Waals surface area contributed by atoms with Crippen LogP contribution in [0.4, 0.5) is 0 Å². The molecule has 0 aromatic heterocycles. The molecule has 7 heavy (non-hydrogen) atoms. The largest absolute Gasteiger partial charge is 2.00 e. The minimum atomic E-state index is 0. The molecule has 0 aliphatic rings. The maximum atomic E-state index is 0. The van der Waals surface area contributed by atoms with Crippen LogP contribution in [-0.2, 0) is 73.1 Å². The van der Waals surface area contributed by atoms with Gasteiger partial charge in [0.15, 0.2) is 0 Å². The van der Waals surface area contributed by atoms with Crippen LogP contribution in [-0.4, -0.2) is 0 Å². The first kappa shape index (κ1) is 235. The van der Waals surface area contributed by atoms with Gasteiger partial charge in [0, 0.05) is 0 Å². The maximum Gasteiger partial charge on any atom is 2.00 e. The van der Waals surface area contributed by atoms with Gasteiger partial charge in [-0.1, -0.05) is 0 Å². The molecule has 0 saturated heterocycles.